The number of amides is 1. The molecule has 1 aliphatic heterocycles. The van der Waals surface area contributed by atoms with Gasteiger partial charge < -0.3 is 11.1 Å². The van der Waals surface area contributed by atoms with Gasteiger partial charge in [0.2, 0.25) is 5.91 Å². The lowest BCUT2D eigenvalue weighted by molar-refractivity contribution is -0.117. The van der Waals surface area contributed by atoms with Gasteiger partial charge in [0.1, 0.15) is 0 Å². The number of nitrogen functional groups attached to an aromatic ring is 1. The van der Waals surface area contributed by atoms with Gasteiger partial charge in [-0.05, 0) is 37.2 Å². The molecule has 0 radical (unpaired) electrons. The molecule has 7 heteroatoms. The SMILES string of the molecule is Nc1ccc(NC(=O)CN2CCCS(=O)(=O)CC2)cc1. The summed E-state index contributed by atoms with van der Waals surface area (Å²) in [5.74, 6) is 0.194. The minimum atomic E-state index is -2.94. The Bertz CT molecular complexity index is 569. The van der Waals surface area contributed by atoms with Crippen molar-refractivity contribution >= 4 is 27.1 Å². The Labute approximate surface area is 118 Å². The number of carbonyl (C=O) groups excluding carboxylic acids is 1. The summed E-state index contributed by atoms with van der Waals surface area (Å²) in [4.78, 5) is 13.8. The summed E-state index contributed by atoms with van der Waals surface area (Å²) in [6.07, 6.45) is 0.581. The minimum Gasteiger partial charge on any atom is -0.399 e. The third-order valence-corrected chi connectivity index (χ3v) is 4.93. The molecule has 110 valence electrons. The maximum absolute atomic E-state index is 11.9. The van der Waals surface area contributed by atoms with Crippen LogP contribution < -0.4 is 11.1 Å². The molecule has 6 nitrogen and oxygen atoms in total. The fourth-order valence-electron chi connectivity index (χ4n) is 2.12. The molecule has 0 aliphatic carbocycles. The molecule has 0 atom stereocenters. The molecule has 0 aromatic heterocycles. The molecular weight excluding hydrogens is 278 g/mol. The van der Waals surface area contributed by atoms with E-state index in [1.165, 1.54) is 0 Å². The number of nitrogens with zero attached hydrogens (tertiary/aromatic N) is 1. The van der Waals surface area contributed by atoms with Crippen LogP contribution in [0.5, 0.6) is 0 Å². The van der Waals surface area contributed by atoms with Gasteiger partial charge in [-0.2, -0.15) is 0 Å². The van der Waals surface area contributed by atoms with Crippen LogP contribution in [0, 0.1) is 0 Å². The molecule has 0 unspecified atom stereocenters. The van der Waals surface area contributed by atoms with Gasteiger partial charge in [-0.1, -0.05) is 0 Å². The fraction of sp³-hybridized carbons (Fsp3) is 0.462. The maximum Gasteiger partial charge on any atom is 0.238 e. The summed E-state index contributed by atoms with van der Waals surface area (Å²) in [6.45, 7) is 1.26. The highest BCUT2D eigenvalue weighted by molar-refractivity contribution is 7.91. The van der Waals surface area contributed by atoms with Crippen LogP contribution in [0.4, 0.5) is 11.4 Å². The van der Waals surface area contributed by atoms with Crippen molar-refractivity contribution in [3.8, 4) is 0 Å². The number of rotatable bonds is 3. The summed E-state index contributed by atoms with van der Waals surface area (Å²) in [5, 5.41) is 2.77. The summed E-state index contributed by atoms with van der Waals surface area (Å²) < 4.78 is 23.0. The zero-order chi connectivity index (χ0) is 14.6. The zero-order valence-corrected chi connectivity index (χ0v) is 12.0. The zero-order valence-electron chi connectivity index (χ0n) is 11.2. The van der Waals surface area contributed by atoms with E-state index in [0.717, 1.165) is 0 Å². The highest BCUT2D eigenvalue weighted by atomic mass is 32.2. The average molecular weight is 297 g/mol. The third kappa shape index (κ3) is 4.50. The van der Waals surface area contributed by atoms with E-state index in [2.05, 4.69) is 5.32 Å². The highest BCUT2D eigenvalue weighted by Gasteiger charge is 2.20. The normalized spacial score (nSPS) is 19.2. The van der Waals surface area contributed by atoms with E-state index in [4.69, 9.17) is 5.73 Å². The second-order valence-electron chi connectivity index (χ2n) is 4.95. The predicted octanol–water partition coefficient (Wildman–Crippen LogP) is 0.328. The van der Waals surface area contributed by atoms with Gasteiger partial charge in [0, 0.05) is 17.9 Å². The van der Waals surface area contributed by atoms with Crippen molar-refractivity contribution < 1.29 is 13.2 Å². The number of hydrogen-bond donors (Lipinski definition) is 2. The first kappa shape index (κ1) is 14.8. The first-order valence-corrected chi connectivity index (χ1v) is 8.35. The van der Waals surface area contributed by atoms with Crippen molar-refractivity contribution in [3.63, 3.8) is 0 Å². The summed E-state index contributed by atoms with van der Waals surface area (Å²) >= 11 is 0. The highest BCUT2D eigenvalue weighted by Crippen LogP contribution is 2.11. The van der Waals surface area contributed by atoms with Gasteiger partial charge >= 0.3 is 0 Å². The standard InChI is InChI=1S/C13H19N3O3S/c14-11-2-4-12(5-3-11)15-13(17)10-16-6-1-8-20(18,19)9-7-16/h2-5H,1,6-10,14H2,(H,15,17). The van der Waals surface area contributed by atoms with Gasteiger partial charge in [0.25, 0.3) is 0 Å². The van der Waals surface area contributed by atoms with Gasteiger partial charge in [-0.25, -0.2) is 8.42 Å². The van der Waals surface area contributed by atoms with E-state index in [0.29, 0.717) is 30.9 Å². The predicted molar refractivity (Wildman–Crippen MR) is 79.2 cm³/mol. The maximum atomic E-state index is 11.9. The number of benzene rings is 1. The van der Waals surface area contributed by atoms with Gasteiger partial charge in [0.05, 0.1) is 18.1 Å². The van der Waals surface area contributed by atoms with Crippen LogP contribution >= 0.6 is 0 Å². The van der Waals surface area contributed by atoms with Gasteiger partial charge in [-0.15, -0.1) is 0 Å². The van der Waals surface area contributed by atoms with Crippen molar-refractivity contribution in [3.05, 3.63) is 24.3 Å². The lowest BCUT2D eigenvalue weighted by atomic mass is 10.3. The van der Waals surface area contributed by atoms with Crippen LogP contribution in [-0.4, -0.2) is 50.4 Å². The molecule has 0 bridgehead atoms. The molecule has 20 heavy (non-hydrogen) atoms. The quantitative estimate of drug-likeness (QED) is 0.784. The van der Waals surface area contributed by atoms with Crippen molar-refractivity contribution in [1.29, 1.82) is 0 Å². The van der Waals surface area contributed by atoms with E-state index in [1.54, 1.807) is 24.3 Å². The van der Waals surface area contributed by atoms with E-state index >= 15 is 0 Å². The lowest BCUT2D eigenvalue weighted by Crippen LogP contribution is -2.35. The summed E-state index contributed by atoms with van der Waals surface area (Å²) in [5.41, 5.74) is 6.90. The lowest BCUT2D eigenvalue weighted by Gasteiger charge is -2.18. The Hall–Kier alpha value is -1.60. The first-order valence-electron chi connectivity index (χ1n) is 6.53. The Morgan fingerprint density at radius 1 is 1.20 bits per heavy atom. The Kier molecular flexibility index (Phi) is 4.61. The van der Waals surface area contributed by atoms with Crippen LogP contribution in [0.25, 0.3) is 0 Å². The summed E-state index contributed by atoms with van der Waals surface area (Å²) in [6, 6.07) is 6.91. The Morgan fingerprint density at radius 2 is 1.90 bits per heavy atom. The van der Waals surface area contributed by atoms with E-state index in [-0.39, 0.29) is 24.0 Å². The number of sulfone groups is 1. The monoisotopic (exact) mass is 297 g/mol. The van der Waals surface area contributed by atoms with Gasteiger partial charge in [-0.3, -0.25) is 9.69 Å². The smallest absolute Gasteiger partial charge is 0.238 e. The third-order valence-electron chi connectivity index (χ3n) is 3.21. The molecule has 1 amide bonds. The second kappa shape index (κ2) is 6.23. The van der Waals surface area contributed by atoms with Crippen molar-refractivity contribution in [2.24, 2.45) is 0 Å². The molecular formula is C13H19N3O3S. The van der Waals surface area contributed by atoms with Gasteiger partial charge in [0.15, 0.2) is 9.84 Å². The van der Waals surface area contributed by atoms with Crippen LogP contribution in [0.3, 0.4) is 0 Å². The van der Waals surface area contributed by atoms with Crippen LogP contribution in [0.2, 0.25) is 0 Å². The van der Waals surface area contributed by atoms with E-state index in [1.807, 2.05) is 4.90 Å². The van der Waals surface area contributed by atoms with Crippen LogP contribution in [-0.2, 0) is 14.6 Å². The molecule has 0 saturated carbocycles. The largest absolute Gasteiger partial charge is 0.399 e. The minimum absolute atomic E-state index is 0.127. The Balaban J connectivity index is 1.86. The number of carbonyl (C=O) groups is 1. The molecule has 1 aliphatic rings. The molecule has 3 N–H and O–H groups in total. The number of nitrogens with two attached hydrogens (primary N) is 1. The van der Waals surface area contributed by atoms with Crippen molar-refractivity contribution in [2.45, 2.75) is 6.42 Å². The first-order chi connectivity index (χ1) is 9.44. The molecule has 1 aromatic carbocycles. The molecule has 1 fully saturated rings. The van der Waals surface area contributed by atoms with E-state index in [9.17, 15) is 13.2 Å². The Morgan fingerprint density at radius 3 is 2.60 bits per heavy atom. The topological polar surface area (TPSA) is 92.5 Å². The fourth-order valence-corrected chi connectivity index (χ4v) is 3.43. The van der Waals surface area contributed by atoms with Crippen LogP contribution in [0.15, 0.2) is 24.3 Å². The molecule has 1 heterocycles. The summed E-state index contributed by atoms with van der Waals surface area (Å²) in [7, 11) is -2.94. The van der Waals surface area contributed by atoms with Crippen molar-refractivity contribution in [2.75, 3.05) is 42.2 Å². The molecule has 2 rings (SSSR count). The second-order valence-corrected chi connectivity index (χ2v) is 7.26. The number of hydrogen-bond acceptors (Lipinski definition) is 5. The number of anilines is 2. The van der Waals surface area contributed by atoms with Crippen LogP contribution in [0.1, 0.15) is 6.42 Å². The molecule has 0 spiro atoms. The van der Waals surface area contributed by atoms with E-state index < -0.39 is 9.84 Å². The molecule has 1 aromatic rings. The molecule has 1 saturated heterocycles. The number of nitrogens with one attached hydrogen (secondary N) is 1. The van der Waals surface area contributed by atoms with Crippen molar-refractivity contribution in [1.82, 2.24) is 4.90 Å². The average Bonchev–Trinajstić information content (AvgIpc) is 2.54.